The van der Waals surface area contributed by atoms with Gasteiger partial charge in [-0.1, -0.05) is 6.07 Å². The number of carbonyl (C=O) groups is 1. The van der Waals surface area contributed by atoms with Crippen LogP contribution in [0.25, 0.3) is 0 Å². The third kappa shape index (κ3) is 3.74. The van der Waals surface area contributed by atoms with Crippen molar-refractivity contribution in [2.75, 3.05) is 6.54 Å². The zero-order valence-electron chi connectivity index (χ0n) is 10.1. The van der Waals surface area contributed by atoms with Crippen LogP contribution in [0.1, 0.15) is 12.0 Å². The minimum absolute atomic E-state index is 0.355. The maximum Gasteiger partial charge on any atom is 0.332 e. The third-order valence-electron chi connectivity index (χ3n) is 2.37. The first-order valence-corrected chi connectivity index (χ1v) is 6.87. The van der Waals surface area contributed by atoms with Crippen molar-refractivity contribution in [3.05, 3.63) is 29.6 Å². The van der Waals surface area contributed by atoms with Gasteiger partial charge in [-0.2, -0.15) is 5.26 Å². The number of nitrogens with zero attached hydrogens (tertiary/aromatic N) is 1. The molecule has 1 atom stereocenters. The molecule has 0 fully saturated rings. The number of hydrogen-bond acceptors (Lipinski definition) is 5. The Hall–Kier alpha value is -2.02. The molecule has 0 heterocycles. The average molecular weight is 302 g/mol. The Morgan fingerprint density at radius 3 is 2.70 bits per heavy atom. The van der Waals surface area contributed by atoms with Crippen LogP contribution >= 0.6 is 0 Å². The predicted octanol–water partition coefficient (Wildman–Crippen LogP) is -0.189. The third-order valence-corrected chi connectivity index (χ3v) is 3.88. The predicted molar refractivity (Wildman–Crippen MR) is 64.6 cm³/mol. The van der Waals surface area contributed by atoms with Crippen LogP contribution < -0.4 is 4.72 Å². The van der Waals surface area contributed by atoms with Gasteiger partial charge in [-0.3, -0.25) is 0 Å². The number of benzene rings is 1. The molecule has 9 heteroatoms. The van der Waals surface area contributed by atoms with E-state index in [0.717, 1.165) is 18.2 Å². The Morgan fingerprint density at radius 1 is 1.50 bits per heavy atom. The van der Waals surface area contributed by atoms with Crippen LogP contribution in [0.3, 0.4) is 0 Å². The van der Waals surface area contributed by atoms with Crippen LogP contribution in [0.15, 0.2) is 23.1 Å². The van der Waals surface area contributed by atoms with Gasteiger partial charge in [0, 0.05) is 6.54 Å². The molecular weight excluding hydrogens is 291 g/mol. The van der Waals surface area contributed by atoms with Gasteiger partial charge >= 0.3 is 5.97 Å². The summed E-state index contributed by atoms with van der Waals surface area (Å²) in [6, 6.07) is 4.59. The molecule has 1 aromatic rings. The van der Waals surface area contributed by atoms with Gasteiger partial charge in [-0.05, 0) is 18.6 Å². The molecule has 0 unspecified atom stereocenters. The molecule has 108 valence electrons. The summed E-state index contributed by atoms with van der Waals surface area (Å²) >= 11 is 0. The second-order valence-electron chi connectivity index (χ2n) is 3.77. The van der Waals surface area contributed by atoms with Gasteiger partial charge in [-0.15, -0.1) is 0 Å². The molecule has 20 heavy (non-hydrogen) atoms. The molecule has 0 aliphatic rings. The Balaban J connectivity index is 2.88. The maximum atomic E-state index is 13.3. The maximum absolute atomic E-state index is 13.3. The highest BCUT2D eigenvalue weighted by atomic mass is 32.2. The summed E-state index contributed by atoms with van der Waals surface area (Å²) in [7, 11) is -4.16. The average Bonchev–Trinajstić information content (AvgIpc) is 2.37. The smallest absolute Gasteiger partial charge is 0.332 e. The Bertz CT molecular complexity index is 653. The lowest BCUT2D eigenvalue weighted by molar-refractivity contribution is -0.146. The number of halogens is 1. The fourth-order valence-electron chi connectivity index (χ4n) is 1.37. The molecule has 0 bridgehead atoms. The van der Waals surface area contributed by atoms with E-state index in [2.05, 4.69) is 0 Å². The first-order chi connectivity index (χ1) is 9.29. The van der Waals surface area contributed by atoms with Crippen LogP contribution in [0.4, 0.5) is 4.39 Å². The molecule has 0 saturated heterocycles. The number of aliphatic hydroxyl groups excluding tert-OH is 1. The van der Waals surface area contributed by atoms with E-state index in [0.29, 0.717) is 0 Å². The summed E-state index contributed by atoms with van der Waals surface area (Å²) in [5, 5.41) is 26.2. The lowest BCUT2D eigenvalue weighted by atomic mass is 10.2. The fraction of sp³-hybridized carbons (Fsp3) is 0.273. The highest BCUT2D eigenvalue weighted by Gasteiger charge is 2.21. The van der Waals surface area contributed by atoms with Gasteiger partial charge in [-0.25, -0.2) is 22.3 Å². The number of hydrogen-bond donors (Lipinski definition) is 3. The Labute approximate surface area is 114 Å². The molecule has 0 aliphatic carbocycles. The number of rotatable bonds is 6. The van der Waals surface area contributed by atoms with Crippen LogP contribution in [0.5, 0.6) is 0 Å². The minimum Gasteiger partial charge on any atom is -0.479 e. The lowest BCUT2D eigenvalue weighted by Gasteiger charge is -2.09. The number of carboxylic acids is 1. The summed E-state index contributed by atoms with van der Waals surface area (Å²) in [4.78, 5) is 9.81. The molecule has 1 rings (SSSR count). The molecule has 0 spiro atoms. The second-order valence-corrected chi connectivity index (χ2v) is 5.50. The van der Waals surface area contributed by atoms with Gasteiger partial charge in [0.2, 0.25) is 10.0 Å². The van der Waals surface area contributed by atoms with E-state index in [1.165, 1.54) is 6.07 Å². The van der Waals surface area contributed by atoms with E-state index in [9.17, 15) is 17.6 Å². The summed E-state index contributed by atoms with van der Waals surface area (Å²) < 4.78 is 39.0. The number of aliphatic carboxylic acids is 1. The monoisotopic (exact) mass is 302 g/mol. The summed E-state index contributed by atoms with van der Waals surface area (Å²) in [5.41, 5.74) is -0.626. The topological polar surface area (TPSA) is 127 Å². The van der Waals surface area contributed by atoms with Crippen molar-refractivity contribution in [3.8, 4) is 6.07 Å². The lowest BCUT2D eigenvalue weighted by Crippen LogP contribution is -2.30. The molecule has 0 amide bonds. The molecule has 1 aromatic carbocycles. The van der Waals surface area contributed by atoms with E-state index < -0.39 is 38.4 Å². The van der Waals surface area contributed by atoms with Gasteiger partial charge < -0.3 is 10.2 Å². The number of aliphatic hydroxyl groups is 1. The molecule has 0 aliphatic heterocycles. The van der Waals surface area contributed by atoms with E-state index >= 15 is 0 Å². The number of nitriles is 1. The van der Waals surface area contributed by atoms with Crippen molar-refractivity contribution in [1.82, 2.24) is 4.72 Å². The van der Waals surface area contributed by atoms with Gasteiger partial charge in [0.05, 0.1) is 0 Å². The minimum atomic E-state index is -4.16. The summed E-state index contributed by atoms with van der Waals surface area (Å²) in [5.74, 6) is -2.45. The van der Waals surface area contributed by atoms with Crippen molar-refractivity contribution >= 4 is 16.0 Å². The van der Waals surface area contributed by atoms with E-state index in [4.69, 9.17) is 15.5 Å². The standard InChI is InChI=1S/C11H11FN2O5S/c12-8-2-1-3-10(7(8)6-13)20(18,19)14-5-4-9(15)11(16)17/h1-3,9,14-15H,4-5H2,(H,16,17)/t9-/m0/s1. The molecule has 0 aromatic heterocycles. The zero-order chi connectivity index (χ0) is 15.3. The van der Waals surface area contributed by atoms with Crippen molar-refractivity contribution in [3.63, 3.8) is 0 Å². The van der Waals surface area contributed by atoms with Crippen molar-refractivity contribution in [1.29, 1.82) is 5.26 Å². The van der Waals surface area contributed by atoms with Crippen molar-refractivity contribution in [2.45, 2.75) is 17.4 Å². The highest BCUT2D eigenvalue weighted by molar-refractivity contribution is 7.89. The Morgan fingerprint density at radius 2 is 2.15 bits per heavy atom. The highest BCUT2D eigenvalue weighted by Crippen LogP contribution is 2.17. The van der Waals surface area contributed by atoms with Gasteiger partial charge in [0.15, 0.2) is 6.10 Å². The number of carboxylic acid groups (broad SMARTS) is 1. The molecule has 0 radical (unpaired) electrons. The van der Waals surface area contributed by atoms with Crippen molar-refractivity contribution in [2.24, 2.45) is 0 Å². The van der Waals surface area contributed by atoms with Crippen molar-refractivity contribution < 1.29 is 27.8 Å². The number of nitrogens with one attached hydrogen (secondary N) is 1. The van der Waals surface area contributed by atoms with E-state index in [1.807, 2.05) is 4.72 Å². The Kier molecular flexibility index (Phi) is 5.15. The first-order valence-electron chi connectivity index (χ1n) is 5.38. The second kappa shape index (κ2) is 6.42. The zero-order valence-corrected chi connectivity index (χ0v) is 10.9. The molecular formula is C11H11FN2O5S. The van der Waals surface area contributed by atoms with Crippen LogP contribution in [-0.2, 0) is 14.8 Å². The molecule has 3 N–H and O–H groups in total. The summed E-state index contributed by atoms with van der Waals surface area (Å²) in [6.07, 6.45) is -2.06. The normalized spacial score (nSPS) is 12.7. The van der Waals surface area contributed by atoms with Crippen LogP contribution in [-0.4, -0.2) is 37.2 Å². The molecule has 7 nitrogen and oxygen atoms in total. The van der Waals surface area contributed by atoms with Crippen LogP contribution in [0.2, 0.25) is 0 Å². The van der Waals surface area contributed by atoms with Gasteiger partial charge in [0.25, 0.3) is 0 Å². The number of sulfonamides is 1. The largest absolute Gasteiger partial charge is 0.479 e. The van der Waals surface area contributed by atoms with E-state index in [-0.39, 0.29) is 13.0 Å². The van der Waals surface area contributed by atoms with E-state index in [1.54, 1.807) is 0 Å². The van der Waals surface area contributed by atoms with Crippen LogP contribution in [0, 0.1) is 17.1 Å². The summed E-state index contributed by atoms with van der Waals surface area (Å²) in [6.45, 7) is -0.364. The quantitative estimate of drug-likeness (QED) is 0.668. The first kappa shape index (κ1) is 16.0. The SMILES string of the molecule is N#Cc1c(F)cccc1S(=O)(=O)NCC[C@H](O)C(=O)O. The van der Waals surface area contributed by atoms with Gasteiger partial charge in [0.1, 0.15) is 22.3 Å². The molecule has 0 saturated carbocycles. The fourth-order valence-corrected chi connectivity index (χ4v) is 2.58.